The summed E-state index contributed by atoms with van der Waals surface area (Å²) in [5.41, 5.74) is 0. The van der Waals surface area contributed by atoms with Crippen molar-refractivity contribution in [2.45, 2.75) is 114 Å². The van der Waals surface area contributed by atoms with E-state index < -0.39 is 10.3 Å². The van der Waals surface area contributed by atoms with Crippen LogP contribution in [0.4, 0.5) is 0 Å². The molecule has 1 unspecified atom stereocenters. The van der Waals surface area contributed by atoms with E-state index in [1.807, 2.05) is 6.92 Å². The average molecular weight is 381 g/mol. The number of alkyl halides is 2. The maximum Gasteiger partial charge on any atom is 0.340 e. The third-order valence-corrected chi connectivity index (χ3v) is 5.89. The fraction of sp³-hybridized carbons (Fsp3) is 0.950. The van der Waals surface area contributed by atoms with Gasteiger partial charge in [0.25, 0.3) is 0 Å². The highest BCUT2D eigenvalue weighted by Gasteiger charge is 2.40. The number of hydrogen-bond donors (Lipinski definition) is 1. The molecule has 0 aromatic heterocycles. The Morgan fingerprint density at radius 3 is 1.50 bits per heavy atom. The fourth-order valence-corrected chi connectivity index (χ4v) is 3.75. The van der Waals surface area contributed by atoms with E-state index in [0.717, 1.165) is 19.3 Å². The van der Waals surface area contributed by atoms with Crippen LogP contribution in [-0.4, -0.2) is 15.4 Å². The monoisotopic (exact) mass is 380 g/mol. The zero-order valence-corrected chi connectivity index (χ0v) is 17.3. The molecule has 0 spiro atoms. The highest BCUT2D eigenvalue weighted by molar-refractivity contribution is 6.57. The Hall–Kier alpha value is 0.0500. The molecule has 0 aliphatic heterocycles. The van der Waals surface area contributed by atoms with Crippen molar-refractivity contribution in [3.63, 3.8) is 0 Å². The second-order valence-corrected chi connectivity index (χ2v) is 8.45. The molecular weight excluding hydrogens is 343 g/mol. The van der Waals surface area contributed by atoms with Crippen LogP contribution in [0, 0.1) is 5.92 Å². The molecule has 0 fully saturated rings. The van der Waals surface area contributed by atoms with E-state index in [1.54, 1.807) is 0 Å². The third-order valence-electron chi connectivity index (χ3n) is 4.95. The van der Waals surface area contributed by atoms with Crippen molar-refractivity contribution in [1.29, 1.82) is 0 Å². The zero-order chi connectivity index (χ0) is 18.3. The van der Waals surface area contributed by atoms with Crippen molar-refractivity contribution in [2.75, 3.05) is 0 Å². The van der Waals surface area contributed by atoms with Gasteiger partial charge in [-0.3, -0.25) is 0 Å². The van der Waals surface area contributed by atoms with Crippen molar-refractivity contribution in [3.05, 3.63) is 0 Å². The van der Waals surface area contributed by atoms with E-state index >= 15 is 0 Å². The Labute approximate surface area is 159 Å². The summed E-state index contributed by atoms with van der Waals surface area (Å²) in [6.07, 6.45) is 18.6. The Bertz CT molecular complexity index is 306. The first-order valence-electron chi connectivity index (χ1n) is 10.1. The SMILES string of the molecule is CCCCCCCCCCCCCCCC(CC)C(Cl)(Cl)C(=O)O. The normalized spacial score (nSPS) is 13.2. The van der Waals surface area contributed by atoms with Crippen LogP contribution < -0.4 is 0 Å². The Morgan fingerprint density at radius 1 is 0.792 bits per heavy atom. The van der Waals surface area contributed by atoms with Crippen molar-refractivity contribution in [2.24, 2.45) is 5.92 Å². The quantitative estimate of drug-likeness (QED) is 0.206. The van der Waals surface area contributed by atoms with Gasteiger partial charge >= 0.3 is 5.97 Å². The lowest BCUT2D eigenvalue weighted by Crippen LogP contribution is -2.34. The first-order valence-corrected chi connectivity index (χ1v) is 10.8. The van der Waals surface area contributed by atoms with Crippen LogP contribution in [0.1, 0.15) is 110 Å². The zero-order valence-electron chi connectivity index (χ0n) is 15.8. The summed E-state index contributed by atoms with van der Waals surface area (Å²) in [5, 5.41) is 9.08. The molecule has 0 saturated heterocycles. The van der Waals surface area contributed by atoms with Gasteiger partial charge in [0.2, 0.25) is 4.33 Å². The summed E-state index contributed by atoms with van der Waals surface area (Å²) in [5.74, 6) is -1.28. The fourth-order valence-electron chi connectivity index (χ4n) is 3.22. The highest BCUT2D eigenvalue weighted by Crippen LogP contribution is 2.36. The summed E-state index contributed by atoms with van der Waals surface area (Å²) in [4.78, 5) is 11.1. The van der Waals surface area contributed by atoms with E-state index in [2.05, 4.69) is 6.92 Å². The minimum Gasteiger partial charge on any atom is -0.479 e. The van der Waals surface area contributed by atoms with E-state index in [4.69, 9.17) is 28.3 Å². The molecule has 0 amide bonds. The molecule has 0 radical (unpaired) electrons. The van der Waals surface area contributed by atoms with Gasteiger partial charge in [0.1, 0.15) is 0 Å². The highest BCUT2D eigenvalue weighted by atomic mass is 35.5. The minimum absolute atomic E-state index is 0.161. The van der Waals surface area contributed by atoms with E-state index in [0.29, 0.717) is 6.42 Å². The molecule has 2 nitrogen and oxygen atoms in total. The molecule has 0 saturated carbocycles. The number of carboxylic acid groups (broad SMARTS) is 1. The summed E-state index contributed by atoms with van der Waals surface area (Å²) >= 11 is 11.9. The largest absolute Gasteiger partial charge is 0.479 e. The molecule has 0 aromatic carbocycles. The summed E-state index contributed by atoms with van der Waals surface area (Å²) < 4.78 is -1.63. The smallest absolute Gasteiger partial charge is 0.340 e. The van der Waals surface area contributed by atoms with E-state index in [-0.39, 0.29) is 5.92 Å². The number of aliphatic carboxylic acids is 1. The molecule has 0 heterocycles. The van der Waals surface area contributed by atoms with Crippen LogP contribution in [0.3, 0.4) is 0 Å². The molecule has 0 rings (SSSR count). The molecule has 0 bridgehead atoms. The van der Waals surface area contributed by atoms with E-state index in [9.17, 15) is 4.79 Å². The lowest BCUT2D eigenvalue weighted by molar-refractivity contribution is -0.139. The minimum atomic E-state index is -1.63. The van der Waals surface area contributed by atoms with Gasteiger partial charge in [-0.25, -0.2) is 4.79 Å². The van der Waals surface area contributed by atoms with Gasteiger partial charge in [-0.1, -0.05) is 121 Å². The standard InChI is InChI=1S/C20H38Cl2O2/c1-3-5-6-7-8-9-10-11-12-13-14-15-16-17-18(4-2)20(21,22)19(23)24/h18H,3-17H2,1-2H3,(H,23,24). The maximum atomic E-state index is 11.1. The molecule has 24 heavy (non-hydrogen) atoms. The lowest BCUT2D eigenvalue weighted by atomic mass is 9.94. The molecule has 144 valence electrons. The van der Waals surface area contributed by atoms with Crippen LogP contribution in [0.25, 0.3) is 0 Å². The second kappa shape index (κ2) is 15.3. The molecular formula is C20H38Cl2O2. The van der Waals surface area contributed by atoms with Crippen molar-refractivity contribution < 1.29 is 9.90 Å². The van der Waals surface area contributed by atoms with Gasteiger partial charge in [-0.05, 0) is 12.8 Å². The number of carbonyl (C=O) groups is 1. The van der Waals surface area contributed by atoms with Gasteiger partial charge in [-0.15, -0.1) is 0 Å². The Balaban J connectivity index is 3.46. The van der Waals surface area contributed by atoms with Crippen molar-refractivity contribution in [3.8, 4) is 0 Å². The number of carboxylic acids is 1. The molecule has 0 aliphatic rings. The van der Waals surface area contributed by atoms with Crippen LogP contribution in [0.15, 0.2) is 0 Å². The summed E-state index contributed by atoms with van der Waals surface area (Å²) in [6.45, 7) is 4.21. The van der Waals surface area contributed by atoms with Gasteiger partial charge in [0, 0.05) is 5.92 Å². The first-order chi connectivity index (χ1) is 11.5. The van der Waals surface area contributed by atoms with Gasteiger partial charge in [0.05, 0.1) is 0 Å². The third kappa shape index (κ3) is 11.6. The Morgan fingerprint density at radius 2 is 1.17 bits per heavy atom. The predicted molar refractivity (Wildman–Crippen MR) is 106 cm³/mol. The first kappa shape index (κ1) is 24.1. The van der Waals surface area contributed by atoms with Crippen LogP contribution in [0.2, 0.25) is 0 Å². The number of halogens is 2. The van der Waals surface area contributed by atoms with Crippen LogP contribution >= 0.6 is 23.2 Å². The Kier molecular flexibility index (Phi) is 15.3. The molecule has 4 heteroatoms. The molecule has 1 atom stereocenters. The number of rotatable bonds is 17. The molecule has 0 aliphatic carbocycles. The van der Waals surface area contributed by atoms with E-state index in [1.165, 1.54) is 70.6 Å². The van der Waals surface area contributed by atoms with Crippen molar-refractivity contribution >= 4 is 29.2 Å². The number of hydrogen-bond acceptors (Lipinski definition) is 1. The molecule has 0 aromatic rings. The predicted octanol–water partition coefficient (Wildman–Crippen LogP) is 7.75. The number of unbranched alkanes of at least 4 members (excludes halogenated alkanes) is 12. The van der Waals surface area contributed by atoms with Crippen LogP contribution in [-0.2, 0) is 4.79 Å². The summed E-state index contributed by atoms with van der Waals surface area (Å²) in [7, 11) is 0. The van der Waals surface area contributed by atoms with Gasteiger partial charge in [0.15, 0.2) is 0 Å². The lowest BCUT2D eigenvalue weighted by Gasteiger charge is -2.25. The topological polar surface area (TPSA) is 37.3 Å². The summed E-state index contributed by atoms with van der Waals surface area (Å²) in [6, 6.07) is 0. The second-order valence-electron chi connectivity index (χ2n) is 7.06. The van der Waals surface area contributed by atoms with Gasteiger partial charge < -0.3 is 5.11 Å². The van der Waals surface area contributed by atoms with Gasteiger partial charge in [-0.2, -0.15) is 0 Å². The average Bonchev–Trinajstić information content (AvgIpc) is 2.55. The molecule has 1 N–H and O–H groups in total. The van der Waals surface area contributed by atoms with Crippen LogP contribution in [0.5, 0.6) is 0 Å². The maximum absolute atomic E-state index is 11.1. The van der Waals surface area contributed by atoms with Crippen molar-refractivity contribution in [1.82, 2.24) is 0 Å².